The number of aromatic nitrogens is 5. The Morgan fingerprint density at radius 3 is 2.75 bits per heavy atom. The Balaban J connectivity index is 1.64. The number of benzene rings is 1. The largest absolute Gasteiger partial charge is 0.255 e. The van der Waals surface area contributed by atoms with Crippen LogP contribution in [-0.2, 0) is 5.75 Å². The van der Waals surface area contributed by atoms with E-state index in [2.05, 4.69) is 51.5 Å². The molecule has 5 nitrogen and oxygen atoms in total. The number of aryl methyl sites for hydroxylation is 1. The normalized spacial score (nSPS) is 11.0. The summed E-state index contributed by atoms with van der Waals surface area (Å²) in [5.74, 6) is 0.831. The second kappa shape index (κ2) is 6.41. The molecule has 6 heteroatoms. The molecule has 3 aromatic heterocycles. The third-order valence-corrected chi connectivity index (χ3v) is 4.60. The Morgan fingerprint density at radius 2 is 1.92 bits per heavy atom. The van der Waals surface area contributed by atoms with E-state index in [0.717, 1.165) is 27.9 Å². The molecular formula is C18H15N5S. The fraction of sp³-hybridized carbons (Fsp3) is 0.111. The fourth-order valence-electron chi connectivity index (χ4n) is 2.46. The van der Waals surface area contributed by atoms with Gasteiger partial charge in [-0.25, -0.2) is 0 Å². The lowest BCUT2D eigenvalue weighted by Crippen LogP contribution is -1.97. The van der Waals surface area contributed by atoms with Crippen LogP contribution in [-0.4, -0.2) is 24.8 Å². The number of rotatable bonds is 4. The van der Waals surface area contributed by atoms with Gasteiger partial charge in [0, 0.05) is 11.9 Å². The van der Waals surface area contributed by atoms with Gasteiger partial charge in [0.15, 0.2) is 5.65 Å². The van der Waals surface area contributed by atoms with Crippen molar-refractivity contribution in [3.05, 3.63) is 71.9 Å². The summed E-state index contributed by atoms with van der Waals surface area (Å²) in [6.07, 6.45) is 1.76. The van der Waals surface area contributed by atoms with Gasteiger partial charge in [0.1, 0.15) is 5.69 Å². The van der Waals surface area contributed by atoms with Crippen molar-refractivity contribution in [2.45, 2.75) is 17.8 Å². The molecule has 0 aliphatic heterocycles. The number of fused-ring (bicyclic) bond motifs is 1. The molecule has 3 heterocycles. The van der Waals surface area contributed by atoms with Gasteiger partial charge < -0.3 is 0 Å². The lowest BCUT2D eigenvalue weighted by molar-refractivity contribution is 0.811. The van der Waals surface area contributed by atoms with Gasteiger partial charge in [-0.3, -0.25) is 4.98 Å². The molecule has 0 N–H and O–H groups in total. The number of hydrogen-bond donors (Lipinski definition) is 0. The van der Waals surface area contributed by atoms with Gasteiger partial charge in [0.05, 0.1) is 5.69 Å². The van der Waals surface area contributed by atoms with Crippen LogP contribution in [0.5, 0.6) is 0 Å². The Labute approximate surface area is 143 Å². The monoisotopic (exact) mass is 333 g/mol. The maximum atomic E-state index is 4.64. The lowest BCUT2D eigenvalue weighted by Gasteiger charge is -2.03. The Hall–Kier alpha value is -2.73. The first-order chi connectivity index (χ1) is 11.8. The molecular weight excluding hydrogens is 318 g/mol. The van der Waals surface area contributed by atoms with Crippen molar-refractivity contribution in [2.24, 2.45) is 0 Å². The average molecular weight is 333 g/mol. The highest BCUT2D eigenvalue weighted by Crippen LogP contribution is 2.23. The van der Waals surface area contributed by atoms with Crippen LogP contribution in [0.25, 0.3) is 17.0 Å². The molecule has 0 saturated heterocycles. The summed E-state index contributed by atoms with van der Waals surface area (Å²) in [6, 6.07) is 18.1. The maximum Gasteiger partial charge on any atom is 0.212 e. The second-order valence-corrected chi connectivity index (χ2v) is 6.41. The summed E-state index contributed by atoms with van der Waals surface area (Å²) in [4.78, 5) is 4.35. The smallest absolute Gasteiger partial charge is 0.212 e. The molecule has 0 amide bonds. The van der Waals surface area contributed by atoms with Crippen molar-refractivity contribution >= 4 is 17.4 Å². The van der Waals surface area contributed by atoms with Crippen LogP contribution in [0.4, 0.5) is 0 Å². The van der Waals surface area contributed by atoms with E-state index in [4.69, 9.17) is 0 Å². The Bertz CT molecular complexity index is 981. The average Bonchev–Trinajstić information content (AvgIpc) is 3.03. The van der Waals surface area contributed by atoms with Crippen molar-refractivity contribution in [2.75, 3.05) is 0 Å². The minimum atomic E-state index is 0.737. The van der Waals surface area contributed by atoms with Gasteiger partial charge in [-0.05, 0) is 36.8 Å². The van der Waals surface area contributed by atoms with Crippen molar-refractivity contribution in [1.29, 1.82) is 0 Å². The molecule has 4 rings (SSSR count). The molecule has 4 aromatic rings. The molecule has 0 atom stereocenters. The van der Waals surface area contributed by atoms with Crippen LogP contribution >= 0.6 is 11.8 Å². The molecule has 0 aliphatic carbocycles. The van der Waals surface area contributed by atoms with Crippen LogP contribution < -0.4 is 0 Å². The summed E-state index contributed by atoms with van der Waals surface area (Å²) >= 11 is 1.63. The van der Waals surface area contributed by atoms with Crippen LogP contribution in [0.3, 0.4) is 0 Å². The van der Waals surface area contributed by atoms with Crippen LogP contribution in [0.15, 0.2) is 66.0 Å². The van der Waals surface area contributed by atoms with E-state index in [0.29, 0.717) is 0 Å². The molecule has 0 spiro atoms. The topological polar surface area (TPSA) is 56.0 Å². The zero-order chi connectivity index (χ0) is 16.4. The van der Waals surface area contributed by atoms with E-state index in [-0.39, 0.29) is 0 Å². The van der Waals surface area contributed by atoms with E-state index in [1.807, 2.05) is 30.3 Å². The van der Waals surface area contributed by atoms with Crippen LogP contribution in [0.2, 0.25) is 0 Å². The summed E-state index contributed by atoms with van der Waals surface area (Å²) in [7, 11) is 0. The van der Waals surface area contributed by atoms with Crippen molar-refractivity contribution in [3.63, 3.8) is 0 Å². The number of nitrogens with zero attached hydrogens (tertiary/aromatic N) is 5. The predicted molar refractivity (Wildman–Crippen MR) is 94.8 cm³/mol. The molecule has 0 radical (unpaired) electrons. The molecule has 1 aromatic carbocycles. The van der Waals surface area contributed by atoms with Crippen molar-refractivity contribution < 1.29 is 0 Å². The molecule has 0 saturated carbocycles. The number of hydrogen-bond acceptors (Lipinski definition) is 5. The van der Waals surface area contributed by atoms with Gasteiger partial charge >= 0.3 is 0 Å². The second-order valence-electron chi connectivity index (χ2n) is 5.46. The maximum absolute atomic E-state index is 4.64. The summed E-state index contributed by atoms with van der Waals surface area (Å²) in [5.41, 5.74) is 4.90. The van der Waals surface area contributed by atoms with Crippen molar-refractivity contribution in [3.8, 4) is 11.4 Å². The molecule has 0 unspecified atom stereocenters. The highest BCUT2D eigenvalue weighted by molar-refractivity contribution is 7.98. The number of thioether (sulfide) groups is 1. The van der Waals surface area contributed by atoms with Crippen LogP contribution in [0, 0.1) is 6.92 Å². The van der Waals surface area contributed by atoms with E-state index in [1.165, 1.54) is 11.1 Å². The van der Waals surface area contributed by atoms with E-state index in [1.54, 1.807) is 22.5 Å². The van der Waals surface area contributed by atoms with Gasteiger partial charge in [-0.15, -0.1) is 10.2 Å². The Kier molecular flexibility index (Phi) is 3.96. The van der Waals surface area contributed by atoms with Gasteiger partial charge in [-0.1, -0.05) is 47.7 Å². The highest BCUT2D eigenvalue weighted by Gasteiger charge is 2.10. The third kappa shape index (κ3) is 3.00. The molecule has 0 aliphatic rings. The first kappa shape index (κ1) is 14.8. The highest BCUT2D eigenvalue weighted by atomic mass is 32.2. The summed E-state index contributed by atoms with van der Waals surface area (Å²) in [6.45, 7) is 2.10. The van der Waals surface area contributed by atoms with E-state index in [9.17, 15) is 0 Å². The minimum Gasteiger partial charge on any atom is -0.255 e. The van der Waals surface area contributed by atoms with Gasteiger partial charge in [0.25, 0.3) is 0 Å². The van der Waals surface area contributed by atoms with Gasteiger partial charge in [0.2, 0.25) is 5.16 Å². The molecule has 24 heavy (non-hydrogen) atoms. The third-order valence-electron chi connectivity index (χ3n) is 3.61. The first-order valence-corrected chi connectivity index (χ1v) is 8.60. The molecule has 118 valence electrons. The quantitative estimate of drug-likeness (QED) is 0.532. The van der Waals surface area contributed by atoms with Gasteiger partial charge in [-0.2, -0.15) is 9.61 Å². The lowest BCUT2D eigenvalue weighted by atomic mass is 10.2. The van der Waals surface area contributed by atoms with E-state index < -0.39 is 0 Å². The predicted octanol–water partition coefficient (Wildman–Crippen LogP) is 3.79. The minimum absolute atomic E-state index is 0.737. The Morgan fingerprint density at radius 1 is 0.958 bits per heavy atom. The van der Waals surface area contributed by atoms with E-state index >= 15 is 0 Å². The standard InChI is InChI=1S/C18H15N5S/c1-13-5-4-6-14(11-13)12-24-18-21-20-17-9-8-16(22-23(17)18)15-7-2-3-10-19-15/h2-11H,12H2,1H3. The SMILES string of the molecule is Cc1cccc(CSc2nnc3ccc(-c4ccccn4)nn23)c1. The zero-order valence-corrected chi connectivity index (χ0v) is 13.9. The summed E-state index contributed by atoms with van der Waals surface area (Å²) < 4.78 is 1.78. The first-order valence-electron chi connectivity index (χ1n) is 7.62. The number of pyridine rings is 1. The molecule has 0 bridgehead atoms. The van der Waals surface area contributed by atoms with Crippen LogP contribution in [0.1, 0.15) is 11.1 Å². The molecule has 0 fully saturated rings. The zero-order valence-electron chi connectivity index (χ0n) is 13.1. The fourth-order valence-corrected chi connectivity index (χ4v) is 3.29. The summed E-state index contributed by atoms with van der Waals surface area (Å²) in [5, 5.41) is 13.9. The van der Waals surface area contributed by atoms with Crippen molar-refractivity contribution in [1.82, 2.24) is 24.8 Å².